The van der Waals surface area contributed by atoms with Crippen molar-refractivity contribution >= 4 is 29.3 Å². The molecule has 4 saturated heterocycles. The van der Waals surface area contributed by atoms with E-state index < -0.39 is 0 Å². The summed E-state index contributed by atoms with van der Waals surface area (Å²) >= 11 is 0. The zero-order valence-corrected chi connectivity index (χ0v) is 49.2. The highest BCUT2D eigenvalue weighted by Gasteiger charge is 2.62. The number of anilines is 1. The molecule has 6 heterocycles. The van der Waals surface area contributed by atoms with E-state index in [1.165, 1.54) is 81.7 Å². The van der Waals surface area contributed by atoms with Gasteiger partial charge in [0.05, 0.1) is 60.3 Å². The maximum absolute atomic E-state index is 12.7. The summed E-state index contributed by atoms with van der Waals surface area (Å²) in [4.78, 5) is 53.3. The number of ether oxygens (including phenoxy) is 2. The van der Waals surface area contributed by atoms with Gasteiger partial charge in [-0.1, -0.05) is 228 Å². The lowest BCUT2D eigenvalue weighted by Gasteiger charge is -2.18. The molecule has 0 N–H and O–H groups in total. The Kier molecular flexibility index (Phi) is 22.0. The van der Waals surface area contributed by atoms with Gasteiger partial charge in [-0.25, -0.2) is 4.90 Å². The van der Waals surface area contributed by atoms with Crippen molar-refractivity contribution < 1.29 is 28.7 Å². The fraction of sp³-hybridized carbons (Fsp3) is 0.465. The van der Waals surface area contributed by atoms with Crippen LogP contribution in [0.3, 0.4) is 0 Å². The van der Waals surface area contributed by atoms with E-state index >= 15 is 0 Å². The highest BCUT2D eigenvalue weighted by molar-refractivity contribution is 6.23. The number of nitrogens with zero attached hydrogens (tertiary/aromatic N) is 2. The average Bonchev–Trinajstić information content (AvgIpc) is 4.23. The Labute approximate surface area is 474 Å². The molecule has 13 atom stereocenters. The van der Waals surface area contributed by atoms with E-state index in [1.54, 1.807) is 0 Å². The number of carbonyl (C=O) groups is 4. The van der Waals surface area contributed by atoms with Gasteiger partial charge in [-0.3, -0.25) is 24.1 Å². The molecule has 79 heavy (non-hydrogen) atoms. The van der Waals surface area contributed by atoms with Crippen LogP contribution in [0, 0.1) is 23.7 Å². The van der Waals surface area contributed by atoms with Crippen LogP contribution in [0.1, 0.15) is 190 Å². The van der Waals surface area contributed by atoms with Crippen LogP contribution in [0.15, 0.2) is 158 Å². The summed E-state index contributed by atoms with van der Waals surface area (Å²) in [5.41, 5.74) is 10.1. The maximum atomic E-state index is 12.7. The highest BCUT2D eigenvalue weighted by atomic mass is 16.5. The number of rotatable bonds is 16. The second-order valence-electron chi connectivity index (χ2n) is 22.8. The number of carbonyl (C=O) groups excluding carboxylic acids is 4. The largest absolute Gasteiger partial charge is 0.365 e. The van der Waals surface area contributed by atoms with Crippen LogP contribution in [0.2, 0.25) is 0 Å². The lowest BCUT2D eigenvalue weighted by molar-refractivity contribution is -0.143. The molecule has 4 fully saturated rings. The molecule has 0 spiro atoms. The second-order valence-corrected chi connectivity index (χ2v) is 22.8. The quantitative estimate of drug-likeness (QED) is 0.0722. The summed E-state index contributed by atoms with van der Waals surface area (Å²) in [6, 6.07) is 46.5. The molecule has 4 bridgehead atoms. The standard InChI is InChI=1S/C19H21NO3.C18H19NO3.C14H22.2C10H14/c1-3-11(2)13-6-4-12(5-7-13)10-20-18(21)16-14-8-9-15(23-14)17(16)19(20)22;1-3-10(2)11-4-6-12(7-5-11)19-17(20)15-13-8-9-14(22-13)16(15)18(19)21;1-4-6-7-13-8-10-14(11-9-13)12(3)5-2;2*1-3-9(2)10-7-5-4-6-8-10/h4-9,11,14-17H,3,10H2,1-2H3;4-10,13-16H,3H2,1-2H3;8-12H,4-7H2,1-3H3;2*4-9H,3H2,1-2H3. The topological polar surface area (TPSA) is 93.2 Å². The smallest absolute Gasteiger partial charge is 0.240 e. The Balaban J connectivity index is 0.000000150. The Bertz CT molecular complexity index is 2680. The molecule has 5 aromatic carbocycles. The van der Waals surface area contributed by atoms with Gasteiger partial charge in [-0.05, 0) is 126 Å². The zero-order chi connectivity index (χ0) is 56.8. The molecule has 13 unspecified atom stereocenters. The summed E-state index contributed by atoms with van der Waals surface area (Å²) in [7, 11) is 0. The molecule has 8 nitrogen and oxygen atoms in total. The predicted molar refractivity (Wildman–Crippen MR) is 322 cm³/mol. The van der Waals surface area contributed by atoms with Crippen LogP contribution >= 0.6 is 0 Å². The number of aryl methyl sites for hydroxylation is 1. The second kappa shape index (κ2) is 28.8. The first-order valence-electron chi connectivity index (χ1n) is 30.0. The van der Waals surface area contributed by atoms with Crippen molar-refractivity contribution in [2.45, 2.75) is 188 Å². The summed E-state index contributed by atoms with van der Waals surface area (Å²) in [6.45, 7) is 24.8. The number of amides is 4. The van der Waals surface area contributed by atoms with Crippen molar-refractivity contribution in [3.05, 3.63) is 197 Å². The third-order valence-corrected chi connectivity index (χ3v) is 17.7. The summed E-state index contributed by atoms with van der Waals surface area (Å²) < 4.78 is 11.3. The molecule has 5 aromatic rings. The summed E-state index contributed by atoms with van der Waals surface area (Å²) in [6.07, 6.45) is 16.5. The number of hydrogen-bond donors (Lipinski definition) is 0. The average molecular weight is 1070 g/mol. The molecule has 0 radical (unpaired) electrons. The lowest BCUT2D eigenvalue weighted by Crippen LogP contribution is -2.34. The molecule has 6 aliphatic heterocycles. The van der Waals surface area contributed by atoms with Gasteiger partial charge in [0.25, 0.3) is 0 Å². The highest BCUT2D eigenvalue weighted by Crippen LogP contribution is 2.47. The molecule has 4 amide bonds. The Hall–Kier alpha value is -6.22. The molecule has 0 aliphatic carbocycles. The van der Waals surface area contributed by atoms with E-state index in [2.05, 4.69) is 173 Å². The van der Waals surface area contributed by atoms with Crippen LogP contribution < -0.4 is 4.90 Å². The summed E-state index contributed by atoms with van der Waals surface area (Å²) in [5.74, 6) is 1.43. The van der Waals surface area contributed by atoms with Crippen molar-refractivity contribution in [3.8, 4) is 0 Å². The molecular formula is C71H90N2O6. The van der Waals surface area contributed by atoms with Gasteiger partial charge in [0, 0.05) is 0 Å². The molecule has 0 saturated carbocycles. The Morgan fingerprint density at radius 3 is 1.01 bits per heavy atom. The minimum absolute atomic E-state index is 0.0807. The lowest BCUT2D eigenvalue weighted by atomic mass is 9.85. The van der Waals surface area contributed by atoms with Gasteiger partial charge in [0.15, 0.2) is 0 Å². The van der Waals surface area contributed by atoms with Gasteiger partial charge in [-0.15, -0.1) is 0 Å². The first kappa shape index (κ1) is 60.4. The number of imide groups is 2. The van der Waals surface area contributed by atoms with E-state index in [0.29, 0.717) is 41.8 Å². The molecule has 0 aromatic heterocycles. The SMILES string of the molecule is CCC(C)c1ccc(CN2C(=O)C3C4C=CC(O4)C3C2=O)cc1.CCC(C)c1ccc(N2C(=O)C3C4C=CC(O4)C3C2=O)cc1.CCC(C)c1ccccc1.CCC(C)c1ccccc1.CCCCc1ccc(C(C)CC)cc1. The van der Waals surface area contributed by atoms with Gasteiger partial charge in [0.1, 0.15) is 0 Å². The maximum Gasteiger partial charge on any atom is 0.240 e. The van der Waals surface area contributed by atoms with E-state index in [-0.39, 0.29) is 71.7 Å². The molecular weight excluding hydrogens is 977 g/mol. The Morgan fingerprint density at radius 1 is 0.380 bits per heavy atom. The zero-order valence-electron chi connectivity index (χ0n) is 49.2. The van der Waals surface area contributed by atoms with E-state index in [9.17, 15) is 19.2 Å². The summed E-state index contributed by atoms with van der Waals surface area (Å²) in [5, 5.41) is 0. The number of fused-ring (bicyclic) bond motifs is 10. The molecule has 8 heteroatoms. The number of likely N-dealkylation sites (tertiary alicyclic amines) is 1. The van der Waals surface area contributed by atoms with Crippen LogP contribution in [0.5, 0.6) is 0 Å². The van der Waals surface area contributed by atoms with Gasteiger partial charge in [-0.2, -0.15) is 0 Å². The third-order valence-electron chi connectivity index (χ3n) is 17.7. The van der Waals surface area contributed by atoms with E-state index in [1.807, 2.05) is 60.7 Å². The van der Waals surface area contributed by atoms with E-state index in [4.69, 9.17) is 9.47 Å². The number of hydrogen-bond acceptors (Lipinski definition) is 6. The molecule has 6 aliphatic rings. The minimum atomic E-state index is -0.336. The van der Waals surface area contributed by atoms with Crippen LogP contribution in [-0.4, -0.2) is 52.9 Å². The van der Waals surface area contributed by atoms with Gasteiger partial charge in [0.2, 0.25) is 23.6 Å². The van der Waals surface area contributed by atoms with Crippen LogP contribution in [-0.2, 0) is 41.6 Å². The van der Waals surface area contributed by atoms with Crippen molar-refractivity contribution in [3.63, 3.8) is 0 Å². The van der Waals surface area contributed by atoms with E-state index in [0.717, 1.165) is 18.4 Å². The number of benzene rings is 5. The van der Waals surface area contributed by atoms with Gasteiger partial charge >= 0.3 is 0 Å². The van der Waals surface area contributed by atoms with Crippen LogP contribution in [0.4, 0.5) is 5.69 Å². The van der Waals surface area contributed by atoms with Gasteiger partial charge < -0.3 is 9.47 Å². The minimum Gasteiger partial charge on any atom is -0.365 e. The van der Waals surface area contributed by atoms with Crippen molar-refractivity contribution in [1.29, 1.82) is 0 Å². The third kappa shape index (κ3) is 14.4. The number of unbranched alkanes of at least 4 members (excludes halogenated alkanes) is 1. The normalized spacial score (nSPS) is 24.4. The Morgan fingerprint density at radius 2 is 0.684 bits per heavy atom. The first-order valence-corrected chi connectivity index (χ1v) is 30.0. The predicted octanol–water partition coefficient (Wildman–Crippen LogP) is 16.2. The first-order chi connectivity index (χ1) is 38.2. The van der Waals surface area contributed by atoms with Crippen molar-refractivity contribution in [2.75, 3.05) is 4.90 Å². The fourth-order valence-corrected chi connectivity index (χ4v) is 11.3. The van der Waals surface area contributed by atoms with Crippen LogP contribution in [0.25, 0.3) is 0 Å². The molecule has 420 valence electrons. The van der Waals surface area contributed by atoms with Crippen molar-refractivity contribution in [2.24, 2.45) is 23.7 Å². The molecule has 11 rings (SSSR count). The van der Waals surface area contributed by atoms with Crippen molar-refractivity contribution in [1.82, 2.24) is 4.90 Å². The monoisotopic (exact) mass is 1070 g/mol. The fourth-order valence-electron chi connectivity index (χ4n) is 11.3.